The molecule has 4 N–H and O–H groups in total. The molecule has 0 aliphatic heterocycles. The van der Waals surface area contributed by atoms with Gasteiger partial charge in [0, 0.05) is 34.2 Å². The summed E-state index contributed by atoms with van der Waals surface area (Å²) in [6, 6.07) is 14.8. The van der Waals surface area contributed by atoms with E-state index in [9.17, 15) is 5.11 Å². The molecule has 0 bridgehead atoms. The Morgan fingerprint density at radius 1 is 1.21 bits per heavy atom. The van der Waals surface area contributed by atoms with Crippen molar-refractivity contribution in [3.63, 3.8) is 0 Å². The first-order valence-corrected chi connectivity index (χ1v) is 8.34. The third-order valence-corrected chi connectivity index (χ3v) is 4.26. The van der Waals surface area contributed by atoms with E-state index in [2.05, 4.69) is 17.2 Å². The first kappa shape index (κ1) is 16.6. The highest BCUT2D eigenvalue weighted by atomic mass is 35.5. The van der Waals surface area contributed by atoms with E-state index < -0.39 is 0 Å². The number of benzene rings is 2. The Balaban J connectivity index is 2.11. The average molecular weight is 342 g/mol. The van der Waals surface area contributed by atoms with Gasteiger partial charge in [0.1, 0.15) is 5.75 Å². The van der Waals surface area contributed by atoms with Crippen molar-refractivity contribution in [2.45, 2.75) is 19.4 Å². The molecule has 5 heteroatoms. The minimum Gasteiger partial charge on any atom is -0.507 e. The summed E-state index contributed by atoms with van der Waals surface area (Å²) in [4.78, 5) is 4.67. The van der Waals surface area contributed by atoms with Crippen molar-refractivity contribution in [1.82, 2.24) is 4.98 Å². The number of halogens is 1. The summed E-state index contributed by atoms with van der Waals surface area (Å²) in [5.41, 5.74) is 9.09. The lowest BCUT2D eigenvalue weighted by Crippen LogP contribution is -2.28. The maximum atomic E-state index is 10.2. The molecule has 0 saturated heterocycles. The summed E-state index contributed by atoms with van der Waals surface area (Å²) in [5, 5.41) is 15.1. The Kier molecular flexibility index (Phi) is 4.88. The van der Waals surface area contributed by atoms with Crippen LogP contribution < -0.4 is 11.1 Å². The van der Waals surface area contributed by atoms with Crippen LogP contribution in [-0.4, -0.2) is 22.7 Å². The Bertz CT molecular complexity index is 866. The maximum Gasteiger partial charge on any atom is 0.125 e. The van der Waals surface area contributed by atoms with Crippen molar-refractivity contribution in [1.29, 1.82) is 0 Å². The summed E-state index contributed by atoms with van der Waals surface area (Å²) >= 11 is 6.08. The van der Waals surface area contributed by atoms with Gasteiger partial charge in [-0.3, -0.25) is 0 Å². The first-order chi connectivity index (χ1) is 11.6. The van der Waals surface area contributed by atoms with E-state index in [1.165, 1.54) is 0 Å². The van der Waals surface area contributed by atoms with E-state index in [0.717, 1.165) is 23.0 Å². The highest BCUT2D eigenvalue weighted by molar-refractivity contribution is 6.31. The van der Waals surface area contributed by atoms with Crippen molar-refractivity contribution in [2.75, 3.05) is 11.9 Å². The fourth-order valence-electron chi connectivity index (χ4n) is 2.56. The van der Waals surface area contributed by atoms with Crippen LogP contribution in [0.3, 0.4) is 0 Å². The van der Waals surface area contributed by atoms with E-state index in [-0.39, 0.29) is 11.8 Å². The number of nitrogens with zero attached hydrogens (tertiary/aromatic N) is 1. The molecule has 1 atom stereocenters. The molecule has 0 aliphatic rings. The number of anilines is 1. The normalized spacial score (nSPS) is 12.3. The lowest BCUT2D eigenvalue weighted by molar-refractivity contribution is 0.477. The smallest absolute Gasteiger partial charge is 0.125 e. The first-order valence-electron chi connectivity index (χ1n) is 7.96. The summed E-state index contributed by atoms with van der Waals surface area (Å²) in [5.74, 6) is 0.151. The number of hydrogen-bond acceptors (Lipinski definition) is 4. The topological polar surface area (TPSA) is 71.2 Å². The van der Waals surface area contributed by atoms with Crippen LogP contribution in [0.15, 0.2) is 48.5 Å². The van der Waals surface area contributed by atoms with Gasteiger partial charge in [0.05, 0.1) is 11.2 Å². The molecule has 3 aromatic rings. The molecular weight excluding hydrogens is 322 g/mol. The molecule has 0 radical (unpaired) electrons. The van der Waals surface area contributed by atoms with E-state index in [4.69, 9.17) is 17.3 Å². The van der Waals surface area contributed by atoms with Gasteiger partial charge in [-0.2, -0.15) is 0 Å². The number of nitrogens with one attached hydrogen (secondary N) is 1. The molecule has 2 aromatic carbocycles. The molecule has 24 heavy (non-hydrogen) atoms. The van der Waals surface area contributed by atoms with Crippen LogP contribution >= 0.6 is 11.6 Å². The number of phenolic OH excluding ortho intramolecular Hbond substituents is 1. The van der Waals surface area contributed by atoms with Crippen LogP contribution in [0.2, 0.25) is 5.02 Å². The molecule has 3 rings (SSSR count). The van der Waals surface area contributed by atoms with Crippen LogP contribution in [0.5, 0.6) is 5.75 Å². The number of phenols is 1. The van der Waals surface area contributed by atoms with Crippen molar-refractivity contribution in [3.8, 4) is 17.0 Å². The SMILES string of the molecule is CC[C@@H](N)CNc1cc(-c2cc(Cl)ccc2O)nc2ccccc12. The zero-order chi connectivity index (χ0) is 17.1. The molecule has 124 valence electrons. The van der Waals surface area contributed by atoms with Gasteiger partial charge in [0.15, 0.2) is 0 Å². The number of rotatable bonds is 5. The van der Waals surface area contributed by atoms with Crippen LogP contribution in [-0.2, 0) is 0 Å². The monoisotopic (exact) mass is 341 g/mol. The van der Waals surface area contributed by atoms with Gasteiger partial charge in [-0.25, -0.2) is 4.98 Å². The molecule has 0 amide bonds. The number of nitrogens with two attached hydrogens (primary N) is 1. The molecule has 0 unspecified atom stereocenters. The quantitative estimate of drug-likeness (QED) is 0.642. The Labute approximate surface area is 146 Å². The van der Waals surface area contributed by atoms with Crippen molar-refractivity contribution in [3.05, 3.63) is 53.6 Å². The third-order valence-electron chi connectivity index (χ3n) is 4.03. The van der Waals surface area contributed by atoms with Crippen molar-refractivity contribution < 1.29 is 5.11 Å². The number of pyridine rings is 1. The van der Waals surface area contributed by atoms with Gasteiger partial charge >= 0.3 is 0 Å². The molecule has 1 heterocycles. The summed E-state index contributed by atoms with van der Waals surface area (Å²) in [7, 11) is 0. The van der Waals surface area contributed by atoms with Crippen LogP contribution in [0.25, 0.3) is 22.2 Å². The number of aromatic nitrogens is 1. The van der Waals surface area contributed by atoms with Crippen molar-refractivity contribution >= 4 is 28.2 Å². The number of hydrogen-bond donors (Lipinski definition) is 3. The average Bonchev–Trinajstić information content (AvgIpc) is 2.61. The van der Waals surface area contributed by atoms with Gasteiger partial charge < -0.3 is 16.2 Å². The number of para-hydroxylation sites is 1. The molecular formula is C19H20ClN3O. The second-order valence-electron chi connectivity index (χ2n) is 5.78. The van der Waals surface area contributed by atoms with E-state index >= 15 is 0 Å². The van der Waals surface area contributed by atoms with E-state index in [1.807, 2.05) is 30.3 Å². The lowest BCUT2D eigenvalue weighted by Gasteiger charge is -2.15. The fourth-order valence-corrected chi connectivity index (χ4v) is 2.73. The minimum atomic E-state index is 0.0833. The molecule has 0 saturated carbocycles. The zero-order valence-corrected chi connectivity index (χ0v) is 14.2. The third kappa shape index (κ3) is 3.45. The largest absolute Gasteiger partial charge is 0.507 e. The Morgan fingerprint density at radius 2 is 2.00 bits per heavy atom. The molecule has 0 spiro atoms. The van der Waals surface area contributed by atoms with Gasteiger partial charge in [-0.15, -0.1) is 0 Å². The molecule has 4 nitrogen and oxygen atoms in total. The predicted octanol–water partition coefficient (Wildman–Crippen LogP) is 4.41. The van der Waals surface area contributed by atoms with E-state index in [0.29, 0.717) is 22.8 Å². The second kappa shape index (κ2) is 7.07. The number of fused-ring (bicyclic) bond motifs is 1. The maximum absolute atomic E-state index is 10.2. The zero-order valence-electron chi connectivity index (χ0n) is 13.5. The van der Waals surface area contributed by atoms with Gasteiger partial charge in [0.2, 0.25) is 0 Å². The standard InChI is InChI=1S/C19H20ClN3O/c1-2-13(21)11-22-17-10-18(15-9-12(20)7-8-19(15)24)23-16-6-4-3-5-14(16)17/h3-10,13,24H,2,11,21H2,1H3,(H,22,23)/t13-/m1/s1. The van der Waals surface area contributed by atoms with Crippen LogP contribution in [0.4, 0.5) is 5.69 Å². The summed E-state index contributed by atoms with van der Waals surface area (Å²) in [6.07, 6.45) is 0.901. The van der Waals surface area contributed by atoms with Crippen LogP contribution in [0, 0.1) is 0 Å². The summed E-state index contributed by atoms with van der Waals surface area (Å²) < 4.78 is 0. The summed E-state index contributed by atoms with van der Waals surface area (Å²) in [6.45, 7) is 2.73. The van der Waals surface area contributed by atoms with E-state index in [1.54, 1.807) is 18.2 Å². The Morgan fingerprint density at radius 3 is 2.79 bits per heavy atom. The van der Waals surface area contributed by atoms with Crippen LogP contribution in [0.1, 0.15) is 13.3 Å². The molecule has 0 fully saturated rings. The lowest BCUT2D eigenvalue weighted by atomic mass is 10.1. The number of aromatic hydroxyl groups is 1. The van der Waals surface area contributed by atoms with Crippen molar-refractivity contribution in [2.24, 2.45) is 5.73 Å². The van der Waals surface area contributed by atoms with Gasteiger partial charge in [-0.1, -0.05) is 36.7 Å². The van der Waals surface area contributed by atoms with Gasteiger partial charge in [0.25, 0.3) is 0 Å². The highest BCUT2D eigenvalue weighted by Crippen LogP contribution is 2.34. The highest BCUT2D eigenvalue weighted by Gasteiger charge is 2.11. The second-order valence-corrected chi connectivity index (χ2v) is 6.22. The minimum absolute atomic E-state index is 0.0833. The molecule has 1 aromatic heterocycles. The predicted molar refractivity (Wildman–Crippen MR) is 101 cm³/mol. The molecule has 0 aliphatic carbocycles. The Hall–Kier alpha value is -2.30. The fraction of sp³-hybridized carbons (Fsp3) is 0.211. The van der Waals surface area contributed by atoms with Gasteiger partial charge in [-0.05, 0) is 36.8 Å².